The van der Waals surface area contributed by atoms with Crippen molar-refractivity contribution in [1.82, 2.24) is 0 Å². The number of hydrogen-bond donors (Lipinski definition) is 1. The highest BCUT2D eigenvalue weighted by molar-refractivity contribution is 5.91. The van der Waals surface area contributed by atoms with Crippen LogP contribution in [0.5, 0.6) is 0 Å². The molecule has 0 atom stereocenters. The maximum absolute atomic E-state index is 11.4. The van der Waals surface area contributed by atoms with Gasteiger partial charge in [0.05, 0.1) is 17.1 Å². The fourth-order valence-electron chi connectivity index (χ4n) is 1.11. The molecule has 86 valence electrons. The van der Waals surface area contributed by atoms with Crippen LogP contribution < -0.4 is 5.73 Å². The van der Waals surface area contributed by atoms with Crippen LogP contribution in [0, 0.1) is 10.1 Å². The molecule has 0 spiro atoms. The first kappa shape index (κ1) is 12.0. The number of carbonyl (C=O) groups excluding carboxylic acids is 1. The Labute approximate surface area is 92.2 Å². The lowest BCUT2D eigenvalue weighted by Crippen LogP contribution is -2.07. The van der Waals surface area contributed by atoms with E-state index in [2.05, 4.69) is 0 Å². The first-order valence-corrected chi connectivity index (χ1v) is 4.77. The van der Waals surface area contributed by atoms with Crippen molar-refractivity contribution in [2.24, 2.45) is 0 Å². The molecule has 0 heterocycles. The van der Waals surface area contributed by atoms with E-state index < -0.39 is 10.9 Å². The number of nitro benzene ring substituents is 1. The molecule has 0 fully saturated rings. The van der Waals surface area contributed by atoms with Crippen molar-refractivity contribution in [2.45, 2.75) is 13.3 Å². The molecule has 2 N–H and O–H groups in total. The third-order valence-corrected chi connectivity index (χ3v) is 1.90. The summed E-state index contributed by atoms with van der Waals surface area (Å²) in [5.74, 6) is -0.579. The van der Waals surface area contributed by atoms with Gasteiger partial charge in [-0.1, -0.05) is 6.92 Å². The Morgan fingerprint density at radius 2 is 2.25 bits per heavy atom. The molecule has 0 aliphatic carbocycles. The van der Waals surface area contributed by atoms with Crippen molar-refractivity contribution in [3.63, 3.8) is 0 Å². The standard InChI is InChI=1S/C10H12N2O4/c1-2-5-16-10(13)7-3-4-8(11)9(6-7)12(14)15/h3-4,6H,2,5,11H2,1H3. The van der Waals surface area contributed by atoms with Gasteiger partial charge in [-0.25, -0.2) is 4.79 Å². The van der Waals surface area contributed by atoms with Gasteiger partial charge in [0.2, 0.25) is 0 Å². The second kappa shape index (κ2) is 5.11. The van der Waals surface area contributed by atoms with Gasteiger partial charge in [-0.05, 0) is 18.6 Å². The first-order valence-electron chi connectivity index (χ1n) is 4.77. The van der Waals surface area contributed by atoms with Crippen molar-refractivity contribution in [1.29, 1.82) is 0 Å². The fraction of sp³-hybridized carbons (Fsp3) is 0.300. The molecular weight excluding hydrogens is 212 g/mol. The zero-order valence-electron chi connectivity index (χ0n) is 8.80. The highest BCUT2D eigenvalue weighted by Crippen LogP contribution is 2.22. The first-order chi connectivity index (χ1) is 7.56. The second-order valence-corrected chi connectivity index (χ2v) is 3.17. The van der Waals surface area contributed by atoms with Crippen LogP contribution in [0.4, 0.5) is 11.4 Å². The lowest BCUT2D eigenvalue weighted by atomic mass is 10.2. The van der Waals surface area contributed by atoms with E-state index in [-0.39, 0.29) is 23.5 Å². The smallest absolute Gasteiger partial charge is 0.338 e. The number of ether oxygens (including phenoxy) is 1. The number of nitro groups is 1. The highest BCUT2D eigenvalue weighted by atomic mass is 16.6. The molecule has 0 radical (unpaired) electrons. The predicted molar refractivity (Wildman–Crippen MR) is 58.1 cm³/mol. The number of nitrogens with zero attached hydrogens (tertiary/aromatic N) is 1. The lowest BCUT2D eigenvalue weighted by molar-refractivity contribution is -0.383. The molecule has 0 saturated heterocycles. The number of rotatable bonds is 4. The molecule has 0 saturated carbocycles. The Balaban J connectivity index is 2.94. The summed E-state index contributed by atoms with van der Waals surface area (Å²) in [6.45, 7) is 2.15. The number of benzene rings is 1. The molecular formula is C10H12N2O4. The van der Waals surface area contributed by atoms with E-state index in [0.717, 1.165) is 6.07 Å². The molecule has 0 aliphatic rings. The molecule has 0 aliphatic heterocycles. The van der Waals surface area contributed by atoms with Gasteiger partial charge in [0, 0.05) is 6.07 Å². The SMILES string of the molecule is CCCOC(=O)c1ccc(N)c([N+](=O)[O-])c1. The number of nitrogen functional groups attached to an aromatic ring is 1. The van der Waals surface area contributed by atoms with Gasteiger partial charge in [0.1, 0.15) is 5.69 Å². The van der Waals surface area contributed by atoms with E-state index in [1.165, 1.54) is 12.1 Å². The molecule has 0 unspecified atom stereocenters. The van der Waals surface area contributed by atoms with E-state index in [9.17, 15) is 14.9 Å². The Hall–Kier alpha value is -2.11. The van der Waals surface area contributed by atoms with Crippen molar-refractivity contribution >= 4 is 17.3 Å². The van der Waals surface area contributed by atoms with Gasteiger partial charge in [0.15, 0.2) is 0 Å². The molecule has 0 bridgehead atoms. The third-order valence-electron chi connectivity index (χ3n) is 1.90. The van der Waals surface area contributed by atoms with Crippen LogP contribution in [0.15, 0.2) is 18.2 Å². The molecule has 0 amide bonds. The minimum Gasteiger partial charge on any atom is -0.462 e. The zero-order chi connectivity index (χ0) is 12.1. The number of hydrogen-bond acceptors (Lipinski definition) is 5. The normalized spacial score (nSPS) is 9.81. The molecule has 6 nitrogen and oxygen atoms in total. The van der Waals surface area contributed by atoms with Crippen LogP contribution in [0.1, 0.15) is 23.7 Å². The van der Waals surface area contributed by atoms with Crippen molar-refractivity contribution in [2.75, 3.05) is 12.3 Å². The monoisotopic (exact) mass is 224 g/mol. The van der Waals surface area contributed by atoms with E-state index in [4.69, 9.17) is 10.5 Å². The average Bonchev–Trinajstić information content (AvgIpc) is 2.26. The summed E-state index contributed by atoms with van der Waals surface area (Å²) in [5.41, 5.74) is 5.27. The number of carbonyl (C=O) groups is 1. The summed E-state index contributed by atoms with van der Waals surface area (Å²) < 4.78 is 4.85. The Morgan fingerprint density at radius 1 is 1.56 bits per heavy atom. The summed E-state index contributed by atoms with van der Waals surface area (Å²) in [4.78, 5) is 21.4. The van der Waals surface area contributed by atoms with E-state index in [1.807, 2.05) is 6.92 Å². The minimum atomic E-state index is -0.633. The minimum absolute atomic E-state index is 0.0250. The van der Waals surface area contributed by atoms with Crippen molar-refractivity contribution in [3.05, 3.63) is 33.9 Å². The molecule has 1 rings (SSSR count). The summed E-state index contributed by atoms with van der Waals surface area (Å²) >= 11 is 0. The largest absolute Gasteiger partial charge is 0.462 e. The maximum Gasteiger partial charge on any atom is 0.338 e. The van der Waals surface area contributed by atoms with Gasteiger partial charge >= 0.3 is 5.97 Å². The molecule has 6 heteroatoms. The zero-order valence-corrected chi connectivity index (χ0v) is 8.80. The number of nitrogens with two attached hydrogens (primary N) is 1. The van der Waals surface area contributed by atoms with Gasteiger partial charge in [-0.2, -0.15) is 0 Å². The van der Waals surface area contributed by atoms with Gasteiger partial charge in [0.25, 0.3) is 5.69 Å². The van der Waals surface area contributed by atoms with E-state index in [1.54, 1.807) is 0 Å². The lowest BCUT2D eigenvalue weighted by Gasteiger charge is -2.03. The van der Waals surface area contributed by atoms with Crippen LogP contribution in [0.25, 0.3) is 0 Å². The average molecular weight is 224 g/mol. The number of anilines is 1. The molecule has 1 aromatic rings. The van der Waals surface area contributed by atoms with Gasteiger partial charge < -0.3 is 10.5 Å². The topological polar surface area (TPSA) is 95.5 Å². The summed E-state index contributed by atoms with van der Waals surface area (Å²) in [5, 5.41) is 10.6. The Kier molecular flexibility index (Phi) is 3.82. The second-order valence-electron chi connectivity index (χ2n) is 3.17. The van der Waals surface area contributed by atoms with Crippen LogP contribution in [-0.4, -0.2) is 17.5 Å². The summed E-state index contributed by atoms with van der Waals surface area (Å²) in [7, 11) is 0. The maximum atomic E-state index is 11.4. The van der Waals surface area contributed by atoms with Crippen molar-refractivity contribution < 1.29 is 14.5 Å². The predicted octanol–water partition coefficient (Wildman–Crippen LogP) is 1.74. The highest BCUT2D eigenvalue weighted by Gasteiger charge is 2.16. The van der Waals surface area contributed by atoms with Crippen LogP contribution in [0.3, 0.4) is 0 Å². The number of esters is 1. The van der Waals surface area contributed by atoms with Crippen LogP contribution >= 0.6 is 0 Å². The van der Waals surface area contributed by atoms with Gasteiger partial charge in [-0.3, -0.25) is 10.1 Å². The summed E-state index contributed by atoms with van der Waals surface area (Å²) in [6, 6.07) is 3.84. The van der Waals surface area contributed by atoms with Crippen LogP contribution in [-0.2, 0) is 4.74 Å². The summed E-state index contributed by atoms with van der Waals surface area (Å²) in [6.07, 6.45) is 0.697. The van der Waals surface area contributed by atoms with Gasteiger partial charge in [-0.15, -0.1) is 0 Å². The molecule has 16 heavy (non-hydrogen) atoms. The van der Waals surface area contributed by atoms with E-state index in [0.29, 0.717) is 6.42 Å². The Morgan fingerprint density at radius 3 is 2.81 bits per heavy atom. The van der Waals surface area contributed by atoms with Crippen molar-refractivity contribution in [3.8, 4) is 0 Å². The Bertz CT molecular complexity index is 417. The third kappa shape index (κ3) is 2.69. The molecule has 0 aromatic heterocycles. The van der Waals surface area contributed by atoms with Crippen LogP contribution in [0.2, 0.25) is 0 Å². The van der Waals surface area contributed by atoms with E-state index >= 15 is 0 Å². The quantitative estimate of drug-likeness (QED) is 0.363. The molecule has 1 aromatic carbocycles. The fourth-order valence-corrected chi connectivity index (χ4v) is 1.11.